The van der Waals surface area contributed by atoms with Gasteiger partial charge in [0.05, 0.1) is 0 Å². The van der Waals surface area contributed by atoms with Crippen LogP contribution in [0, 0.1) is 5.92 Å². The third-order valence-electron chi connectivity index (χ3n) is 4.13. The summed E-state index contributed by atoms with van der Waals surface area (Å²) in [7, 11) is 0. The Morgan fingerprint density at radius 2 is 2.16 bits per heavy atom. The zero-order chi connectivity index (χ0) is 13.7. The number of anilines is 1. The van der Waals surface area contributed by atoms with Gasteiger partial charge in [0.15, 0.2) is 0 Å². The quantitative estimate of drug-likeness (QED) is 0.646. The largest absolute Gasteiger partial charge is 0.508 e. The fourth-order valence-electron chi connectivity index (χ4n) is 3.05. The zero-order valence-corrected chi connectivity index (χ0v) is 11.9. The van der Waals surface area contributed by atoms with Gasteiger partial charge < -0.3 is 10.8 Å². The molecule has 0 bridgehead atoms. The van der Waals surface area contributed by atoms with Crippen molar-refractivity contribution in [1.82, 2.24) is 4.90 Å². The summed E-state index contributed by atoms with van der Waals surface area (Å²) in [5.41, 5.74) is 7.48. The van der Waals surface area contributed by atoms with Gasteiger partial charge in [-0.05, 0) is 56.5 Å². The normalized spacial score (nSPS) is 21.2. The number of rotatable bonds is 4. The molecule has 3 heteroatoms. The van der Waals surface area contributed by atoms with Crippen LogP contribution in [-0.2, 0) is 6.54 Å². The summed E-state index contributed by atoms with van der Waals surface area (Å²) in [4.78, 5) is 2.45. The fraction of sp³-hybridized carbons (Fsp3) is 0.625. The SMILES string of the molecule is CCCC1CCCN(Cc2cc(N)ccc2O)CC1. The first-order chi connectivity index (χ1) is 9.19. The van der Waals surface area contributed by atoms with E-state index >= 15 is 0 Å². The highest BCUT2D eigenvalue weighted by atomic mass is 16.3. The van der Waals surface area contributed by atoms with Gasteiger partial charge >= 0.3 is 0 Å². The summed E-state index contributed by atoms with van der Waals surface area (Å²) < 4.78 is 0. The van der Waals surface area contributed by atoms with Gasteiger partial charge in [-0.25, -0.2) is 0 Å². The molecule has 3 nitrogen and oxygen atoms in total. The highest BCUT2D eigenvalue weighted by Gasteiger charge is 2.17. The summed E-state index contributed by atoms with van der Waals surface area (Å²) >= 11 is 0. The molecule has 1 atom stereocenters. The number of benzene rings is 1. The second-order valence-electron chi connectivity index (χ2n) is 5.75. The third-order valence-corrected chi connectivity index (χ3v) is 4.13. The molecule has 106 valence electrons. The molecule has 3 N–H and O–H groups in total. The molecule has 0 aliphatic carbocycles. The second kappa shape index (κ2) is 6.80. The molecule has 1 heterocycles. The molecule has 0 saturated carbocycles. The molecule has 1 aliphatic heterocycles. The summed E-state index contributed by atoms with van der Waals surface area (Å²) in [5, 5.41) is 9.89. The van der Waals surface area contributed by atoms with Crippen molar-refractivity contribution in [3.05, 3.63) is 23.8 Å². The van der Waals surface area contributed by atoms with Crippen LogP contribution < -0.4 is 5.73 Å². The summed E-state index contributed by atoms with van der Waals surface area (Å²) in [6.45, 7) is 5.36. The predicted molar refractivity (Wildman–Crippen MR) is 80.0 cm³/mol. The van der Waals surface area contributed by atoms with Crippen LogP contribution in [0.1, 0.15) is 44.6 Å². The Labute approximate surface area is 116 Å². The molecule has 1 fully saturated rings. The van der Waals surface area contributed by atoms with E-state index in [0.717, 1.165) is 36.8 Å². The molecule has 0 aromatic heterocycles. The van der Waals surface area contributed by atoms with E-state index in [1.54, 1.807) is 12.1 Å². The van der Waals surface area contributed by atoms with E-state index in [2.05, 4.69) is 11.8 Å². The van der Waals surface area contributed by atoms with Crippen LogP contribution in [0.2, 0.25) is 0 Å². The highest BCUT2D eigenvalue weighted by Crippen LogP contribution is 2.25. The van der Waals surface area contributed by atoms with Crippen LogP contribution in [0.3, 0.4) is 0 Å². The molecule has 1 aromatic carbocycles. The second-order valence-corrected chi connectivity index (χ2v) is 5.75. The topological polar surface area (TPSA) is 49.5 Å². The van der Waals surface area contributed by atoms with Crippen molar-refractivity contribution < 1.29 is 5.11 Å². The molecule has 2 rings (SSSR count). The van der Waals surface area contributed by atoms with Gasteiger partial charge in [0.25, 0.3) is 0 Å². The molecular weight excluding hydrogens is 236 g/mol. The van der Waals surface area contributed by atoms with Crippen molar-refractivity contribution in [2.45, 2.75) is 45.6 Å². The van der Waals surface area contributed by atoms with Gasteiger partial charge in [0, 0.05) is 17.8 Å². The van der Waals surface area contributed by atoms with Crippen LogP contribution in [-0.4, -0.2) is 23.1 Å². The minimum atomic E-state index is 0.364. The Kier molecular flexibility index (Phi) is 5.08. The minimum absolute atomic E-state index is 0.364. The number of nitrogen functional groups attached to an aromatic ring is 1. The number of phenolic OH excluding ortho intramolecular Hbond substituents is 1. The number of nitrogens with zero attached hydrogens (tertiary/aromatic N) is 1. The number of hydrogen-bond donors (Lipinski definition) is 2. The third kappa shape index (κ3) is 4.13. The van der Waals surface area contributed by atoms with Gasteiger partial charge in [0.1, 0.15) is 5.75 Å². The van der Waals surface area contributed by atoms with E-state index in [4.69, 9.17) is 5.73 Å². The molecule has 1 aromatic rings. The Morgan fingerprint density at radius 3 is 2.95 bits per heavy atom. The van der Waals surface area contributed by atoms with E-state index in [1.807, 2.05) is 6.07 Å². The predicted octanol–water partition coefficient (Wildman–Crippen LogP) is 3.38. The van der Waals surface area contributed by atoms with Crippen molar-refractivity contribution in [3.8, 4) is 5.75 Å². The highest BCUT2D eigenvalue weighted by molar-refractivity contribution is 5.47. The smallest absolute Gasteiger partial charge is 0.120 e. The number of nitrogens with two attached hydrogens (primary N) is 1. The van der Waals surface area contributed by atoms with E-state index in [0.29, 0.717) is 5.75 Å². The number of phenols is 1. The van der Waals surface area contributed by atoms with E-state index in [1.165, 1.54) is 32.1 Å². The maximum absolute atomic E-state index is 9.89. The van der Waals surface area contributed by atoms with Crippen LogP contribution in [0.5, 0.6) is 5.75 Å². The molecule has 1 aliphatic rings. The first kappa shape index (κ1) is 14.2. The van der Waals surface area contributed by atoms with Crippen molar-refractivity contribution in [2.75, 3.05) is 18.8 Å². The number of aromatic hydroxyl groups is 1. The molecule has 0 amide bonds. The van der Waals surface area contributed by atoms with Crippen LogP contribution in [0.15, 0.2) is 18.2 Å². The lowest BCUT2D eigenvalue weighted by molar-refractivity contribution is 0.267. The maximum Gasteiger partial charge on any atom is 0.120 e. The average molecular weight is 262 g/mol. The van der Waals surface area contributed by atoms with Crippen LogP contribution in [0.4, 0.5) is 5.69 Å². The Morgan fingerprint density at radius 1 is 1.32 bits per heavy atom. The summed E-state index contributed by atoms with van der Waals surface area (Å²) in [6.07, 6.45) is 6.57. The molecule has 19 heavy (non-hydrogen) atoms. The Balaban J connectivity index is 1.94. The number of likely N-dealkylation sites (tertiary alicyclic amines) is 1. The average Bonchev–Trinajstić information content (AvgIpc) is 2.60. The summed E-state index contributed by atoms with van der Waals surface area (Å²) in [5.74, 6) is 1.26. The Bertz CT molecular complexity index is 406. The number of hydrogen-bond acceptors (Lipinski definition) is 3. The molecular formula is C16H26N2O. The van der Waals surface area contributed by atoms with E-state index in [9.17, 15) is 5.11 Å². The monoisotopic (exact) mass is 262 g/mol. The standard InChI is InChI=1S/C16H26N2O/c1-2-4-13-5-3-9-18(10-8-13)12-14-11-15(17)6-7-16(14)19/h6-7,11,13,19H,2-5,8-10,12,17H2,1H3. The van der Waals surface area contributed by atoms with E-state index < -0.39 is 0 Å². The van der Waals surface area contributed by atoms with Crippen LogP contribution in [0.25, 0.3) is 0 Å². The minimum Gasteiger partial charge on any atom is -0.508 e. The van der Waals surface area contributed by atoms with Gasteiger partial charge in [-0.15, -0.1) is 0 Å². The zero-order valence-electron chi connectivity index (χ0n) is 11.9. The van der Waals surface area contributed by atoms with Crippen LogP contribution >= 0.6 is 0 Å². The maximum atomic E-state index is 9.89. The lowest BCUT2D eigenvalue weighted by Gasteiger charge is -2.21. The first-order valence-electron chi connectivity index (χ1n) is 7.48. The van der Waals surface area contributed by atoms with Gasteiger partial charge in [-0.1, -0.05) is 19.8 Å². The van der Waals surface area contributed by atoms with Crippen molar-refractivity contribution in [3.63, 3.8) is 0 Å². The molecule has 1 unspecified atom stereocenters. The first-order valence-corrected chi connectivity index (χ1v) is 7.48. The van der Waals surface area contributed by atoms with Gasteiger partial charge in [-0.2, -0.15) is 0 Å². The van der Waals surface area contributed by atoms with E-state index in [-0.39, 0.29) is 0 Å². The fourth-order valence-corrected chi connectivity index (χ4v) is 3.05. The molecule has 0 spiro atoms. The lowest BCUT2D eigenvalue weighted by Crippen LogP contribution is -2.24. The van der Waals surface area contributed by atoms with Crippen molar-refractivity contribution in [1.29, 1.82) is 0 Å². The van der Waals surface area contributed by atoms with Crippen molar-refractivity contribution >= 4 is 5.69 Å². The van der Waals surface area contributed by atoms with Crippen molar-refractivity contribution in [2.24, 2.45) is 5.92 Å². The Hall–Kier alpha value is -1.22. The van der Waals surface area contributed by atoms with Gasteiger partial charge in [0.2, 0.25) is 0 Å². The summed E-state index contributed by atoms with van der Waals surface area (Å²) in [6, 6.07) is 5.34. The lowest BCUT2D eigenvalue weighted by atomic mass is 9.96. The van der Waals surface area contributed by atoms with Gasteiger partial charge in [-0.3, -0.25) is 4.90 Å². The molecule has 1 saturated heterocycles. The molecule has 0 radical (unpaired) electrons.